The number of benzene rings is 2. The average Bonchev–Trinajstić information content (AvgIpc) is 3.10. The van der Waals surface area contributed by atoms with E-state index in [2.05, 4.69) is 23.5 Å². The average molecular weight is 321 g/mol. The van der Waals surface area contributed by atoms with Crippen LogP contribution in [0.5, 0.6) is 5.75 Å². The number of aromatic carboxylic acids is 1. The van der Waals surface area contributed by atoms with Gasteiger partial charge in [0.15, 0.2) is 0 Å². The van der Waals surface area contributed by atoms with Crippen molar-refractivity contribution in [1.29, 1.82) is 0 Å². The molecule has 122 valence electrons. The van der Waals surface area contributed by atoms with Crippen LogP contribution in [0.15, 0.2) is 54.6 Å². The Balaban J connectivity index is 1.80. The van der Waals surface area contributed by atoms with Gasteiger partial charge < -0.3 is 15.2 Å². The van der Waals surface area contributed by atoms with Crippen LogP contribution >= 0.6 is 0 Å². The van der Waals surface area contributed by atoms with E-state index in [4.69, 9.17) is 4.74 Å². The van der Waals surface area contributed by atoms with Crippen LogP contribution < -0.4 is 10.1 Å². The summed E-state index contributed by atoms with van der Waals surface area (Å²) < 4.78 is 5.55. The number of carboxylic acids is 1. The van der Waals surface area contributed by atoms with Gasteiger partial charge in [0.25, 0.3) is 0 Å². The van der Waals surface area contributed by atoms with Crippen molar-refractivity contribution in [1.82, 2.24) is 0 Å². The van der Waals surface area contributed by atoms with E-state index in [-0.39, 0.29) is 12.0 Å². The summed E-state index contributed by atoms with van der Waals surface area (Å²) in [6.07, 6.45) is 5.37. The molecule has 1 heterocycles. The Hall–Kier alpha value is -2.75. The molecule has 0 amide bonds. The van der Waals surface area contributed by atoms with Crippen LogP contribution in [-0.2, 0) is 0 Å². The second-order valence-electron chi connectivity index (χ2n) is 6.32. The van der Waals surface area contributed by atoms with Crippen molar-refractivity contribution in [3.05, 3.63) is 71.3 Å². The maximum absolute atomic E-state index is 11.3. The molecular weight excluding hydrogens is 302 g/mol. The zero-order valence-corrected chi connectivity index (χ0v) is 13.4. The van der Waals surface area contributed by atoms with E-state index in [1.54, 1.807) is 19.2 Å². The van der Waals surface area contributed by atoms with E-state index in [9.17, 15) is 9.90 Å². The second kappa shape index (κ2) is 5.71. The summed E-state index contributed by atoms with van der Waals surface area (Å²) in [4.78, 5) is 11.3. The first-order chi connectivity index (χ1) is 11.7. The third-order valence-electron chi connectivity index (χ3n) is 5.08. The first kappa shape index (κ1) is 14.8. The molecule has 2 aliphatic rings. The fraction of sp³-hybridized carbons (Fsp3) is 0.250. The number of para-hydroxylation sites is 1. The Bertz CT molecular complexity index is 827. The van der Waals surface area contributed by atoms with Gasteiger partial charge >= 0.3 is 5.97 Å². The number of fused-ring (bicyclic) bond motifs is 3. The first-order valence-corrected chi connectivity index (χ1v) is 8.12. The van der Waals surface area contributed by atoms with Crippen molar-refractivity contribution < 1.29 is 14.6 Å². The minimum Gasteiger partial charge on any atom is -0.496 e. The van der Waals surface area contributed by atoms with Crippen molar-refractivity contribution in [2.75, 3.05) is 12.4 Å². The van der Waals surface area contributed by atoms with E-state index in [1.807, 2.05) is 24.3 Å². The Morgan fingerprint density at radius 3 is 2.83 bits per heavy atom. The summed E-state index contributed by atoms with van der Waals surface area (Å²) >= 11 is 0. The van der Waals surface area contributed by atoms with Crippen LogP contribution in [-0.4, -0.2) is 18.2 Å². The Morgan fingerprint density at radius 1 is 1.21 bits per heavy atom. The Labute approximate surface area is 140 Å². The van der Waals surface area contributed by atoms with Crippen molar-refractivity contribution in [3.8, 4) is 5.75 Å². The zero-order chi connectivity index (χ0) is 16.7. The van der Waals surface area contributed by atoms with Crippen LogP contribution in [0.25, 0.3) is 0 Å². The molecule has 0 bridgehead atoms. The Morgan fingerprint density at radius 2 is 2.04 bits per heavy atom. The lowest BCUT2D eigenvalue weighted by Crippen LogP contribution is -2.29. The SMILES string of the molecule is COc1ccccc1C1Nc2ccc(C(=O)O)cc2C2C=CCC21. The lowest BCUT2D eigenvalue weighted by Gasteiger charge is -2.38. The van der Waals surface area contributed by atoms with Crippen LogP contribution in [0.1, 0.15) is 39.9 Å². The third-order valence-corrected chi connectivity index (χ3v) is 5.08. The van der Waals surface area contributed by atoms with Crippen molar-refractivity contribution in [2.24, 2.45) is 5.92 Å². The lowest BCUT2D eigenvalue weighted by atomic mass is 9.76. The van der Waals surface area contributed by atoms with Gasteiger partial charge in [0.1, 0.15) is 5.75 Å². The fourth-order valence-electron chi connectivity index (χ4n) is 3.96. The molecule has 4 heteroatoms. The lowest BCUT2D eigenvalue weighted by molar-refractivity contribution is 0.0696. The molecule has 3 atom stereocenters. The molecule has 1 aliphatic carbocycles. The molecule has 0 saturated heterocycles. The molecule has 4 nitrogen and oxygen atoms in total. The predicted octanol–water partition coefficient (Wildman–Crippen LogP) is 4.22. The monoisotopic (exact) mass is 321 g/mol. The van der Waals surface area contributed by atoms with E-state index < -0.39 is 5.97 Å². The Kier molecular flexibility index (Phi) is 3.53. The first-order valence-electron chi connectivity index (χ1n) is 8.12. The van der Waals surface area contributed by atoms with Gasteiger partial charge in [-0.1, -0.05) is 30.4 Å². The van der Waals surface area contributed by atoms with Crippen molar-refractivity contribution >= 4 is 11.7 Å². The quantitative estimate of drug-likeness (QED) is 0.831. The number of carbonyl (C=O) groups is 1. The molecule has 24 heavy (non-hydrogen) atoms. The smallest absolute Gasteiger partial charge is 0.335 e. The minimum absolute atomic E-state index is 0.143. The maximum atomic E-state index is 11.3. The third kappa shape index (κ3) is 2.26. The highest BCUT2D eigenvalue weighted by Crippen LogP contribution is 2.51. The summed E-state index contributed by atoms with van der Waals surface area (Å²) in [6.45, 7) is 0. The predicted molar refractivity (Wildman–Crippen MR) is 92.7 cm³/mol. The number of hydrogen-bond acceptors (Lipinski definition) is 3. The molecule has 0 saturated carbocycles. The summed E-state index contributed by atoms with van der Waals surface area (Å²) in [7, 11) is 1.69. The summed E-state index contributed by atoms with van der Waals surface area (Å²) in [5.74, 6) is 0.586. The number of methoxy groups -OCH3 is 1. The molecule has 2 aromatic rings. The van der Waals surface area contributed by atoms with Crippen molar-refractivity contribution in [2.45, 2.75) is 18.4 Å². The summed E-state index contributed by atoms with van der Waals surface area (Å²) in [5, 5.41) is 12.9. The number of nitrogens with one attached hydrogen (secondary N) is 1. The molecular formula is C20H19NO3. The number of allylic oxidation sites excluding steroid dienone is 2. The number of ether oxygens (including phenoxy) is 1. The minimum atomic E-state index is -0.886. The van der Waals surface area contributed by atoms with Gasteiger partial charge in [-0.3, -0.25) is 0 Å². The summed E-state index contributed by atoms with van der Waals surface area (Å²) in [6, 6.07) is 13.6. The van der Waals surface area contributed by atoms with Gasteiger partial charge in [0.05, 0.1) is 18.7 Å². The molecule has 3 unspecified atom stereocenters. The van der Waals surface area contributed by atoms with Crippen LogP contribution in [0, 0.1) is 5.92 Å². The van der Waals surface area contributed by atoms with Gasteiger partial charge in [0, 0.05) is 17.2 Å². The molecule has 0 radical (unpaired) electrons. The van der Waals surface area contributed by atoms with Gasteiger partial charge in [-0.25, -0.2) is 4.79 Å². The van der Waals surface area contributed by atoms with Crippen LogP contribution in [0.2, 0.25) is 0 Å². The summed E-state index contributed by atoms with van der Waals surface area (Å²) in [5.41, 5.74) is 3.56. The molecule has 0 spiro atoms. The van der Waals surface area contributed by atoms with E-state index in [0.717, 1.165) is 29.0 Å². The van der Waals surface area contributed by atoms with E-state index in [0.29, 0.717) is 11.5 Å². The molecule has 1 aliphatic heterocycles. The molecule has 2 N–H and O–H groups in total. The standard InChI is InChI=1S/C20H19NO3/c1-24-18-8-3-2-5-15(18)19-14-7-4-6-13(14)16-11-12(20(22)23)9-10-17(16)21-19/h2-6,8-11,13-14,19,21H,7H2,1H3,(H,22,23). The van der Waals surface area contributed by atoms with Gasteiger partial charge in [-0.05, 0) is 42.2 Å². The van der Waals surface area contributed by atoms with E-state index in [1.165, 1.54) is 0 Å². The fourth-order valence-corrected chi connectivity index (χ4v) is 3.96. The van der Waals surface area contributed by atoms with Gasteiger partial charge in [-0.15, -0.1) is 0 Å². The molecule has 0 fully saturated rings. The molecule has 2 aromatic carbocycles. The van der Waals surface area contributed by atoms with Crippen LogP contribution in [0.4, 0.5) is 5.69 Å². The van der Waals surface area contributed by atoms with E-state index >= 15 is 0 Å². The highest BCUT2D eigenvalue weighted by atomic mass is 16.5. The van der Waals surface area contributed by atoms with Gasteiger partial charge in [-0.2, -0.15) is 0 Å². The number of carboxylic acid groups (broad SMARTS) is 1. The molecule has 0 aromatic heterocycles. The van der Waals surface area contributed by atoms with Gasteiger partial charge in [0.2, 0.25) is 0 Å². The van der Waals surface area contributed by atoms with Crippen molar-refractivity contribution in [3.63, 3.8) is 0 Å². The highest BCUT2D eigenvalue weighted by Gasteiger charge is 2.39. The number of hydrogen-bond donors (Lipinski definition) is 2. The maximum Gasteiger partial charge on any atom is 0.335 e. The number of rotatable bonds is 3. The topological polar surface area (TPSA) is 58.6 Å². The largest absolute Gasteiger partial charge is 0.496 e. The number of anilines is 1. The zero-order valence-electron chi connectivity index (χ0n) is 13.4. The highest BCUT2D eigenvalue weighted by molar-refractivity contribution is 5.89. The van der Waals surface area contributed by atoms with Crippen LogP contribution in [0.3, 0.4) is 0 Å². The second-order valence-corrected chi connectivity index (χ2v) is 6.32. The normalized spacial score (nSPS) is 24.0. The molecule has 4 rings (SSSR count).